The van der Waals surface area contributed by atoms with Crippen LogP contribution in [0.25, 0.3) is 0 Å². The van der Waals surface area contributed by atoms with Gasteiger partial charge in [0.25, 0.3) is 0 Å². The van der Waals surface area contributed by atoms with Crippen molar-refractivity contribution in [2.24, 2.45) is 0 Å². The Morgan fingerprint density at radius 3 is 1.50 bits per heavy atom. The van der Waals surface area contributed by atoms with Gasteiger partial charge >= 0.3 is 51.4 Å². The number of nitriles is 1. The fourth-order valence-electron chi connectivity index (χ4n) is 0. The Hall–Kier alpha value is 1.87. The summed E-state index contributed by atoms with van der Waals surface area (Å²) in [6.45, 7) is 3.50. The zero-order valence-electron chi connectivity index (χ0n) is 3.33. The van der Waals surface area contributed by atoms with Crippen LogP contribution in [-0.2, 0) is 22.4 Å². The molecule has 0 heterocycles. The summed E-state index contributed by atoms with van der Waals surface area (Å²) in [5.74, 6) is 0. The van der Waals surface area contributed by atoms with Crippen LogP contribution in [0.3, 0.4) is 0 Å². The summed E-state index contributed by atoms with van der Waals surface area (Å²) in [4.78, 5) is 0. The van der Waals surface area contributed by atoms with Gasteiger partial charge in [-0.1, -0.05) is 0 Å². The van der Waals surface area contributed by atoms with Gasteiger partial charge in [0.1, 0.15) is 0 Å². The minimum atomic E-state index is 0. The third-order valence-corrected chi connectivity index (χ3v) is 0. The maximum atomic E-state index is 6.50. The van der Waals surface area contributed by atoms with E-state index in [2.05, 4.69) is 6.57 Å². The molecule has 0 aromatic heterocycles. The van der Waals surface area contributed by atoms with Crippen LogP contribution < -0.4 is 51.4 Å². The van der Waals surface area contributed by atoms with Gasteiger partial charge in [-0.25, -0.2) is 5.26 Å². The van der Waals surface area contributed by atoms with E-state index in [1.807, 2.05) is 0 Å². The molecule has 0 unspecified atom stereocenters. The van der Waals surface area contributed by atoms with Crippen molar-refractivity contribution in [3.05, 3.63) is 0 Å². The molecule has 0 aromatic rings. The van der Waals surface area contributed by atoms with Crippen molar-refractivity contribution in [2.75, 3.05) is 0 Å². The van der Waals surface area contributed by atoms with Gasteiger partial charge in [-0.15, -0.1) is 0 Å². The Bertz CT molecular complexity index is 16.4. The zero-order chi connectivity index (χ0) is 2.00. The largest absolute Gasteiger partial charge is 1.00 e. The summed E-state index contributed by atoms with van der Waals surface area (Å²) in [5, 5.41) is 6.50. The van der Waals surface area contributed by atoms with Crippen molar-refractivity contribution in [1.82, 2.24) is 0 Å². The molecular weight excluding hydrogens is 262 g/mol. The van der Waals surface area contributed by atoms with Crippen LogP contribution in [0.5, 0.6) is 0 Å². The fourth-order valence-corrected chi connectivity index (χ4v) is 0. The molecule has 23 valence electrons. The van der Waals surface area contributed by atoms with Gasteiger partial charge in [0.05, 0.1) is 0 Å². The van der Waals surface area contributed by atoms with Gasteiger partial charge in [-0.05, 0) is 0 Å². The molecule has 0 aromatic carbocycles. The molecule has 0 fully saturated rings. The molecule has 0 N–H and O–H groups in total. The van der Waals surface area contributed by atoms with E-state index in [4.69, 9.17) is 5.26 Å². The van der Waals surface area contributed by atoms with Crippen molar-refractivity contribution < 1.29 is 75.2 Å². The maximum Gasteiger partial charge on any atom is 1.00 e. The minimum Gasteiger partial charge on any atom is -1.00 e. The van der Waals surface area contributed by atoms with Crippen molar-refractivity contribution in [3.63, 3.8) is 0 Å². The van der Waals surface area contributed by atoms with Gasteiger partial charge in [0, 0.05) is 29.0 Å². The zero-order valence-corrected chi connectivity index (χ0v) is 7.62. The quantitative estimate of drug-likeness (QED) is 0.435. The molecule has 0 atom stereocenters. The number of nitrogens with zero attached hydrogens (tertiary/aromatic N) is 1. The fraction of sp³-hybridized carbons (Fsp3) is 0. The third kappa shape index (κ3) is 9.12. The first-order chi connectivity index (χ1) is 1.00. The van der Waals surface area contributed by atoms with Crippen molar-refractivity contribution in [2.45, 2.75) is 0 Å². The SMILES string of the molecule is C#N.[Au].[H-].[K+]. The average Bonchev–Trinajstić information content (AvgIpc) is 1.00. The smallest absolute Gasteiger partial charge is 1.00 e. The molecule has 0 bridgehead atoms. The van der Waals surface area contributed by atoms with Gasteiger partial charge in [0.2, 0.25) is 0 Å². The molecule has 1 radical (unpaired) electrons. The van der Waals surface area contributed by atoms with E-state index in [-0.39, 0.29) is 75.2 Å². The second-order valence-electron chi connectivity index (χ2n) is 0. The summed E-state index contributed by atoms with van der Waals surface area (Å²) in [7, 11) is 0. The van der Waals surface area contributed by atoms with E-state index in [1.165, 1.54) is 0 Å². The molecule has 0 saturated heterocycles. The first kappa shape index (κ1) is 16.9. The Balaban J connectivity index is -0.00000000167. The maximum absolute atomic E-state index is 6.50. The number of hydrogen-bond donors (Lipinski definition) is 0. The summed E-state index contributed by atoms with van der Waals surface area (Å²) < 4.78 is 0. The second kappa shape index (κ2) is 20.9. The number of rotatable bonds is 0. The molecule has 0 spiro atoms. The molecule has 0 saturated carbocycles. The van der Waals surface area contributed by atoms with E-state index in [0.29, 0.717) is 0 Å². The van der Waals surface area contributed by atoms with Crippen molar-refractivity contribution in [1.29, 1.82) is 5.26 Å². The predicted octanol–water partition coefficient (Wildman–Crippen LogP) is -2.75. The normalized spacial score (nSPS) is 0.500. The van der Waals surface area contributed by atoms with Crippen LogP contribution in [0.15, 0.2) is 0 Å². The van der Waals surface area contributed by atoms with E-state index >= 15 is 0 Å². The molecule has 0 aliphatic heterocycles. The Kier molecular flexibility index (Phi) is 88.3. The van der Waals surface area contributed by atoms with Gasteiger partial charge in [0.15, 0.2) is 0 Å². The Labute approximate surface area is 85.2 Å². The van der Waals surface area contributed by atoms with Crippen LogP contribution >= 0.6 is 0 Å². The molecule has 0 aliphatic carbocycles. The van der Waals surface area contributed by atoms with Crippen molar-refractivity contribution >= 4 is 0 Å². The van der Waals surface area contributed by atoms with E-state index in [0.717, 1.165) is 0 Å². The Morgan fingerprint density at radius 1 is 1.50 bits per heavy atom. The van der Waals surface area contributed by atoms with Crippen LogP contribution in [0.1, 0.15) is 1.43 Å². The monoisotopic (exact) mass is 264 g/mol. The average molecular weight is 264 g/mol. The van der Waals surface area contributed by atoms with E-state index < -0.39 is 0 Å². The third-order valence-electron chi connectivity index (χ3n) is 0. The minimum absolute atomic E-state index is 0. The predicted molar refractivity (Wildman–Crippen MR) is 7.78 cm³/mol. The van der Waals surface area contributed by atoms with Crippen LogP contribution in [-0.4, -0.2) is 0 Å². The van der Waals surface area contributed by atoms with Crippen LogP contribution in [0, 0.1) is 11.8 Å². The molecular formula is CH2AuKN. The van der Waals surface area contributed by atoms with Crippen LogP contribution in [0.4, 0.5) is 0 Å². The molecule has 0 rings (SSSR count). The van der Waals surface area contributed by atoms with E-state index in [9.17, 15) is 0 Å². The molecule has 0 amide bonds. The summed E-state index contributed by atoms with van der Waals surface area (Å²) >= 11 is 0. The molecule has 1 nitrogen and oxygen atoms in total. The number of hydrogen-bond acceptors (Lipinski definition) is 1. The van der Waals surface area contributed by atoms with Gasteiger partial charge in [-0.2, -0.15) is 0 Å². The van der Waals surface area contributed by atoms with Gasteiger partial charge in [-0.3, -0.25) is 0 Å². The summed E-state index contributed by atoms with van der Waals surface area (Å²) in [5.41, 5.74) is 0. The van der Waals surface area contributed by atoms with Gasteiger partial charge < -0.3 is 1.43 Å². The Morgan fingerprint density at radius 2 is 1.50 bits per heavy atom. The molecule has 0 aliphatic rings. The van der Waals surface area contributed by atoms with E-state index in [1.54, 1.807) is 0 Å². The first-order valence-electron chi connectivity index (χ1n) is 0.258. The topological polar surface area (TPSA) is 23.8 Å². The summed E-state index contributed by atoms with van der Waals surface area (Å²) in [6, 6.07) is 0. The standard InChI is InChI=1S/CHN.Au.K.H/c1-2;;;/h1H;;;/q;;+1;-1. The van der Waals surface area contributed by atoms with Crippen LogP contribution in [0.2, 0.25) is 0 Å². The second-order valence-corrected chi connectivity index (χ2v) is 0. The molecule has 4 heavy (non-hydrogen) atoms. The first-order valence-corrected chi connectivity index (χ1v) is 0.258. The molecule has 3 heteroatoms. The summed E-state index contributed by atoms with van der Waals surface area (Å²) in [6.07, 6.45) is 0. The van der Waals surface area contributed by atoms with Crippen molar-refractivity contribution in [3.8, 4) is 6.57 Å².